The first kappa shape index (κ1) is 34.8. The molecule has 0 aliphatic heterocycles. The van der Waals surface area contributed by atoms with Gasteiger partial charge in [0.15, 0.2) is 0 Å². The van der Waals surface area contributed by atoms with Crippen LogP contribution in [-0.4, -0.2) is 0 Å². The molecular formula is C55H46N2. The van der Waals surface area contributed by atoms with Crippen molar-refractivity contribution in [2.45, 2.75) is 37.5 Å². The summed E-state index contributed by atoms with van der Waals surface area (Å²) in [4.78, 5) is 4.96. The van der Waals surface area contributed by atoms with Crippen molar-refractivity contribution in [3.05, 3.63) is 233 Å². The van der Waals surface area contributed by atoms with E-state index in [2.05, 4.69) is 236 Å². The molecule has 3 aliphatic rings. The Bertz CT molecular complexity index is 2730. The van der Waals surface area contributed by atoms with Gasteiger partial charge in [-0.25, -0.2) is 0 Å². The SMILES string of the molecule is CC1(C)c2cc(N(c3ccccc3)c3ccc(-c4ccccc4)cc3)ccc2C2C(N(c3ccccc3)c3ccc(C4C=CC=CC4)cc3)=c3ccccc3=CC21. The Balaban J connectivity index is 1.12. The molecule has 57 heavy (non-hydrogen) atoms. The zero-order valence-electron chi connectivity index (χ0n) is 32.5. The van der Waals surface area contributed by atoms with Crippen LogP contribution in [0.3, 0.4) is 0 Å². The minimum atomic E-state index is -0.138. The van der Waals surface area contributed by atoms with Gasteiger partial charge in [0.25, 0.3) is 0 Å². The second kappa shape index (κ2) is 14.5. The van der Waals surface area contributed by atoms with Crippen molar-refractivity contribution >= 4 is 40.2 Å². The minimum absolute atomic E-state index is 0.138. The van der Waals surface area contributed by atoms with Crippen LogP contribution in [0.4, 0.5) is 28.4 Å². The number of para-hydroxylation sites is 2. The fraction of sp³-hybridized carbons (Fsp3) is 0.127. The predicted molar refractivity (Wildman–Crippen MR) is 240 cm³/mol. The smallest absolute Gasteiger partial charge is 0.0464 e. The highest BCUT2D eigenvalue weighted by Crippen LogP contribution is 2.57. The lowest BCUT2D eigenvalue weighted by atomic mass is 9.72. The molecule has 0 saturated carbocycles. The van der Waals surface area contributed by atoms with E-state index in [1.807, 2.05) is 0 Å². The molecular weight excluding hydrogens is 689 g/mol. The molecule has 2 nitrogen and oxygen atoms in total. The summed E-state index contributed by atoms with van der Waals surface area (Å²) in [5, 5.41) is 2.60. The molecule has 0 amide bonds. The van der Waals surface area contributed by atoms with Gasteiger partial charge >= 0.3 is 0 Å². The highest BCUT2D eigenvalue weighted by atomic mass is 15.2. The van der Waals surface area contributed by atoms with E-state index < -0.39 is 0 Å². The fourth-order valence-electron chi connectivity index (χ4n) is 9.58. The van der Waals surface area contributed by atoms with E-state index in [0.29, 0.717) is 5.92 Å². The summed E-state index contributed by atoms with van der Waals surface area (Å²) < 4.78 is 0. The highest BCUT2D eigenvalue weighted by Gasteiger charge is 2.49. The third-order valence-electron chi connectivity index (χ3n) is 12.5. The van der Waals surface area contributed by atoms with Gasteiger partial charge in [0.1, 0.15) is 0 Å². The van der Waals surface area contributed by atoms with Crippen LogP contribution in [0, 0.1) is 5.92 Å². The topological polar surface area (TPSA) is 6.48 Å². The lowest BCUT2D eigenvalue weighted by molar-refractivity contribution is 0.416. The van der Waals surface area contributed by atoms with Gasteiger partial charge in [0.05, 0.1) is 0 Å². The zero-order valence-corrected chi connectivity index (χ0v) is 32.5. The number of benzene rings is 7. The van der Waals surface area contributed by atoms with Crippen LogP contribution >= 0.6 is 0 Å². The van der Waals surface area contributed by atoms with Gasteiger partial charge in [-0.3, -0.25) is 0 Å². The van der Waals surface area contributed by atoms with E-state index in [0.717, 1.165) is 17.8 Å². The number of fused-ring (bicyclic) bond motifs is 4. The number of hydrogen-bond donors (Lipinski definition) is 0. The van der Waals surface area contributed by atoms with Crippen molar-refractivity contribution < 1.29 is 0 Å². The summed E-state index contributed by atoms with van der Waals surface area (Å²) in [6.45, 7) is 4.91. The van der Waals surface area contributed by atoms with Crippen LogP contribution < -0.4 is 20.2 Å². The average molecular weight is 735 g/mol. The van der Waals surface area contributed by atoms with Crippen LogP contribution in [0.5, 0.6) is 0 Å². The Labute approximate surface area is 336 Å². The molecule has 0 heterocycles. The third-order valence-corrected chi connectivity index (χ3v) is 12.5. The maximum atomic E-state index is 2.57. The maximum Gasteiger partial charge on any atom is 0.0464 e. The summed E-state index contributed by atoms with van der Waals surface area (Å²) in [5.41, 5.74) is 13.6. The first-order chi connectivity index (χ1) is 28.0. The lowest BCUT2D eigenvalue weighted by Crippen LogP contribution is -2.42. The number of nitrogens with zero attached hydrogens (tertiary/aromatic N) is 2. The first-order valence-electron chi connectivity index (χ1n) is 20.3. The summed E-state index contributed by atoms with van der Waals surface area (Å²) >= 11 is 0. The van der Waals surface area contributed by atoms with Crippen molar-refractivity contribution in [1.82, 2.24) is 0 Å². The van der Waals surface area contributed by atoms with Crippen LogP contribution in [-0.2, 0) is 5.41 Å². The maximum absolute atomic E-state index is 2.57. The van der Waals surface area contributed by atoms with Gasteiger partial charge in [-0.2, -0.15) is 0 Å². The van der Waals surface area contributed by atoms with E-state index in [-0.39, 0.29) is 17.3 Å². The molecule has 0 saturated heterocycles. The fourth-order valence-corrected chi connectivity index (χ4v) is 9.58. The summed E-state index contributed by atoms with van der Waals surface area (Å²) in [7, 11) is 0. The number of rotatable bonds is 8. The second-order valence-corrected chi connectivity index (χ2v) is 16.1. The molecule has 7 aromatic carbocycles. The summed E-state index contributed by atoms with van der Waals surface area (Å²) in [5.74, 6) is 0.818. The molecule has 0 bridgehead atoms. The second-order valence-electron chi connectivity index (χ2n) is 16.1. The van der Waals surface area contributed by atoms with Crippen LogP contribution in [0.1, 0.15) is 48.8 Å². The molecule has 0 aromatic heterocycles. The van der Waals surface area contributed by atoms with E-state index in [1.165, 1.54) is 61.0 Å². The Morgan fingerprint density at radius 1 is 0.509 bits per heavy atom. The van der Waals surface area contributed by atoms with Crippen molar-refractivity contribution in [1.29, 1.82) is 0 Å². The van der Waals surface area contributed by atoms with Gasteiger partial charge in [-0.05, 0) is 111 Å². The summed E-state index contributed by atoms with van der Waals surface area (Å²) in [6, 6.07) is 67.0. The molecule has 0 N–H and O–H groups in total. The Hall–Kier alpha value is -6.64. The highest BCUT2D eigenvalue weighted by molar-refractivity contribution is 5.87. The Morgan fingerprint density at radius 3 is 1.75 bits per heavy atom. The average Bonchev–Trinajstić information content (AvgIpc) is 3.50. The monoisotopic (exact) mass is 734 g/mol. The van der Waals surface area contributed by atoms with E-state index in [1.54, 1.807) is 0 Å². The molecule has 276 valence electrons. The molecule has 2 heteroatoms. The molecule has 3 aliphatic carbocycles. The van der Waals surface area contributed by atoms with Crippen LogP contribution in [0.15, 0.2) is 206 Å². The number of anilines is 5. The first-order valence-corrected chi connectivity index (χ1v) is 20.3. The van der Waals surface area contributed by atoms with Crippen LogP contribution in [0.25, 0.3) is 22.9 Å². The van der Waals surface area contributed by atoms with E-state index in [4.69, 9.17) is 0 Å². The van der Waals surface area contributed by atoms with Crippen molar-refractivity contribution in [2.75, 3.05) is 9.80 Å². The van der Waals surface area contributed by atoms with Gasteiger partial charge < -0.3 is 9.80 Å². The largest absolute Gasteiger partial charge is 0.313 e. The summed E-state index contributed by atoms with van der Waals surface area (Å²) in [6.07, 6.45) is 12.5. The molecule has 0 fully saturated rings. The van der Waals surface area contributed by atoms with Gasteiger partial charge in [0.2, 0.25) is 0 Å². The Kier molecular flexibility index (Phi) is 8.83. The molecule has 0 spiro atoms. The zero-order chi connectivity index (χ0) is 38.3. The Morgan fingerprint density at radius 2 is 1.07 bits per heavy atom. The van der Waals surface area contributed by atoms with Gasteiger partial charge in [-0.1, -0.05) is 166 Å². The molecule has 0 radical (unpaired) electrons. The molecule has 3 unspecified atom stereocenters. The predicted octanol–water partition coefficient (Wildman–Crippen LogP) is 12.9. The minimum Gasteiger partial charge on any atom is -0.313 e. The van der Waals surface area contributed by atoms with Crippen molar-refractivity contribution in [2.24, 2.45) is 5.92 Å². The van der Waals surface area contributed by atoms with Crippen LogP contribution in [0.2, 0.25) is 0 Å². The quantitative estimate of drug-likeness (QED) is 0.153. The molecule has 3 atom stereocenters. The van der Waals surface area contributed by atoms with Crippen molar-refractivity contribution in [3.63, 3.8) is 0 Å². The standard InChI is InChI=1S/C55H46N2/c1-55(2)51-38-48(56(44-22-11-5-12-23-44)46-31-27-41(28-32-46)39-17-7-3-8-18-39)35-36-50(51)53-52(55)37-43-21-15-16-26-49(43)54(53)57(45-24-13-6-14-25-45)47-33-29-42(30-34-47)40-19-9-4-10-20-40/h3-19,21-38,40,52-53H,20H2,1-2H3. The van der Waals surface area contributed by atoms with E-state index >= 15 is 0 Å². The number of allylic oxidation sites excluding steroid dienone is 4. The third kappa shape index (κ3) is 6.23. The normalized spacial score (nSPS) is 18.6. The molecule has 7 aromatic rings. The van der Waals surface area contributed by atoms with Crippen molar-refractivity contribution in [3.8, 4) is 11.1 Å². The number of hydrogen-bond acceptors (Lipinski definition) is 2. The van der Waals surface area contributed by atoms with E-state index in [9.17, 15) is 0 Å². The van der Waals surface area contributed by atoms with Gasteiger partial charge in [0, 0.05) is 51.2 Å². The lowest BCUT2D eigenvalue weighted by Gasteiger charge is -2.38. The van der Waals surface area contributed by atoms with Gasteiger partial charge in [-0.15, -0.1) is 0 Å². The molecule has 10 rings (SSSR count).